The molecule has 2 atom stereocenters. The molecule has 0 amide bonds. The number of aliphatic hydroxyl groups is 2. The zero-order valence-electron chi connectivity index (χ0n) is 11.0. The maximum Gasteiger partial charge on any atom is 0.144 e. The molecule has 2 unspecified atom stereocenters. The van der Waals surface area contributed by atoms with E-state index in [4.69, 9.17) is 0 Å². The fraction of sp³-hybridized carbons (Fsp3) is 0.111. The molecule has 2 aromatic rings. The first kappa shape index (κ1) is 12.9. The molecule has 0 saturated carbocycles. The second-order valence-electron chi connectivity index (χ2n) is 4.98. The van der Waals surface area contributed by atoms with Crippen molar-refractivity contribution >= 4 is 0 Å². The lowest BCUT2D eigenvalue weighted by Crippen LogP contribution is -2.47. The van der Waals surface area contributed by atoms with Gasteiger partial charge < -0.3 is 10.2 Å². The lowest BCUT2D eigenvalue weighted by molar-refractivity contribution is -0.104. The van der Waals surface area contributed by atoms with E-state index in [0.717, 1.165) is 0 Å². The Labute approximate surface area is 118 Å². The first-order chi connectivity index (χ1) is 9.67. The number of rotatable bonds is 2. The summed E-state index contributed by atoms with van der Waals surface area (Å²) in [7, 11) is 0. The molecule has 0 aliphatic heterocycles. The second kappa shape index (κ2) is 4.75. The van der Waals surface area contributed by atoms with Crippen molar-refractivity contribution in [2.75, 3.05) is 0 Å². The molecule has 0 heterocycles. The highest BCUT2D eigenvalue weighted by atomic mass is 16.4. The van der Waals surface area contributed by atoms with Gasteiger partial charge in [-0.1, -0.05) is 72.8 Å². The fourth-order valence-electron chi connectivity index (χ4n) is 2.66. The van der Waals surface area contributed by atoms with Crippen LogP contribution in [0.3, 0.4) is 0 Å². The van der Waals surface area contributed by atoms with Crippen LogP contribution in [0.15, 0.2) is 85.0 Å². The first-order valence-electron chi connectivity index (χ1n) is 6.60. The third-order valence-corrected chi connectivity index (χ3v) is 3.79. The van der Waals surface area contributed by atoms with Gasteiger partial charge in [0.25, 0.3) is 0 Å². The maximum atomic E-state index is 11.1. The molecule has 20 heavy (non-hydrogen) atoms. The van der Waals surface area contributed by atoms with Crippen molar-refractivity contribution in [2.24, 2.45) is 0 Å². The highest BCUT2D eigenvalue weighted by molar-refractivity contribution is 5.44. The van der Waals surface area contributed by atoms with E-state index >= 15 is 0 Å². The third-order valence-electron chi connectivity index (χ3n) is 3.79. The van der Waals surface area contributed by atoms with Gasteiger partial charge >= 0.3 is 0 Å². The largest absolute Gasteiger partial charge is 0.377 e. The van der Waals surface area contributed by atoms with Crippen molar-refractivity contribution in [3.05, 3.63) is 96.1 Å². The second-order valence-corrected chi connectivity index (χ2v) is 4.98. The number of benzene rings is 2. The summed E-state index contributed by atoms with van der Waals surface area (Å²) in [5, 5.41) is 22.3. The molecule has 3 rings (SSSR count). The van der Waals surface area contributed by atoms with Crippen molar-refractivity contribution in [3.63, 3.8) is 0 Å². The van der Waals surface area contributed by atoms with Crippen LogP contribution in [-0.4, -0.2) is 10.2 Å². The fourth-order valence-corrected chi connectivity index (χ4v) is 2.66. The minimum Gasteiger partial charge on any atom is -0.377 e. The van der Waals surface area contributed by atoms with Crippen LogP contribution in [0.5, 0.6) is 0 Å². The molecule has 0 spiro atoms. The molecule has 2 nitrogen and oxygen atoms in total. The Morgan fingerprint density at radius 2 is 0.900 bits per heavy atom. The van der Waals surface area contributed by atoms with Crippen LogP contribution in [0.4, 0.5) is 0 Å². The van der Waals surface area contributed by atoms with Gasteiger partial charge in [0.15, 0.2) is 0 Å². The van der Waals surface area contributed by atoms with Gasteiger partial charge in [0, 0.05) is 0 Å². The van der Waals surface area contributed by atoms with E-state index in [1.54, 1.807) is 24.3 Å². The summed E-state index contributed by atoms with van der Waals surface area (Å²) in [6, 6.07) is 18.4. The van der Waals surface area contributed by atoms with Crippen LogP contribution in [0.1, 0.15) is 11.1 Å². The van der Waals surface area contributed by atoms with Crippen molar-refractivity contribution in [2.45, 2.75) is 11.2 Å². The predicted octanol–water partition coefficient (Wildman–Crippen LogP) is 2.89. The Morgan fingerprint density at radius 1 is 0.550 bits per heavy atom. The number of hydrogen-bond acceptors (Lipinski definition) is 2. The van der Waals surface area contributed by atoms with Crippen molar-refractivity contribution in [3.8, 4) is 0 Å². The van der Waals surface area contributed by atoms with E-state index in [0.29, 0.717) is 11.1 Å². The lowest BCUT2D eigenvalue weighted by Gasteiger charge is -2.42. The summed E-state index contributed by atoms with van der Waals surface area (Å²) < 4.78 is 0. The van der Waals surface area contributed by atoms with E-state index in [2.05, 4.69) is 0 Å². The summed E-state index contributed by atoms with van der Waals surface area (Å²) in [5.41, 5.74) is -1.65. The first-order valence-corrected chi connectivity index (χ1v) is 6.60. The number of hydrogen-bond donors (Lipinski definition) is 2. The Morgan fingerprint density at radius 3 is 1.25 bits per heavy atom. The van der Waals surface area contributed by atoms with E-state index in [-0.39, 0.29) is 0 Å². The minimum absolute atomic E-state index is 0.659. The monoisotopic (exact) mass is 264 g/mol. The van der Waals surface area contributed by atoms with Gasteiger partial charge in [0.2, 0.25) is 0 Å². The summed E-state index contributed by atoms with van der Waals surface area (Å²) in [5.74, 6) is 0. The van der Waals surface area contributed by atoms with Gasteiger partial charge in [0.05, 0.1) is 0 Å². The highest BCUT2D eigenvalue weighted by Crippen LogP contribution is 2.44. The molecule has 1 aliphatic carbocycles. The quantitative estimate of drug-likeness (QED) is 0.875. The topological polar surface area (TPSA) is 40.5 Å². The Kier molecular flexibility index (Phi) is 3.05. The molecule has 100 valence electrons. The zero-order chi connectivity index (χ0) is 14.1. The standard InChI is InChI=1S/C18H16O2/c19-17(15-9-3-1-4-10-15)13-7-8-14-18(17,20)16-11-5-2-6-12-16/h1-14,19-20H. The van der Waals surface area contributed by atoms with E-state index in [1.165, 1.54) is 0 Å². The van der Waals surface area contributed by atoms with Crippen LogP contribution >= 0.6 is 0 Å². The van der Waals surface area contributed by atoms with Crippen molar-refractivity contribution in [1.29, 1.82) is 0 Å². The number of allylic oxidation sites excluding steroid dienone is 2. The van der Waals surface area contributed by atoms with Gasteiger partial charge in [-0.2, -0.15) is 0 Å². The molecule has 0 fully saturated rings. The van der Waals surface area contributed by atoms with E-state index in [1.807, 2.05) is 60.7 Å². The predicted molar refractivity (Wildman–Crippen MR) is 79.0 cm³/mol. The van der Waals surface area contributed by atoms with E-state index in [9.17, 15) is 10.2 Å². The van der Waals surface area contributed by atoms with Crippen LogP contribution in [0, 0.1) is 0 Å². The van der Waals surface area contributed by atoms with Gasteiger partial charge in [-0.3, -0.25) is 0 Å². The molecule has 1 aliphatic rings. The van der Waals surface area contributed by atoms with Crippen molar-refractivity contribution in [1.82, 2.24) is 0 Å². The molecule has 2 heteroatoms. The lowest BCUT2D eigenvalue weighted by atomic mass is 9.71. The molecular weight excluding hydrogens is 248 g/mol. The van der Waals surface area contributed by atoms with Crippen LogP contribution in [0.2, 0.25) is 0 Å². The third kappa shape index (κ3) is 1.82. The smallest absolute Gasteiger partial charge is 0.144 e. The van der Waals surface area contributed by atoms with E-state index < -0.39 is 11.2 Å². The zero-order valence-corrected chi connectivity index (χ0v) is 11.0. The van der Waals surface area contributed by atoms with Gasteiger partial charge in [-0.15, -0.1) is 0 Å². The van der Waals surface area contributed by atoms with Crippen LogP contribution in [-0.2, 0) is 11.2 Å². The van der Waals surface area contributed by atoms with Gasteiger partial charge in [0.1, 0.15) is 11.2 Å². The summed E-state index contributed by atoms with van der Waals surface area (Å²) >= 11 is 0. The molecule has 0 radical (unpaired) electrons. The Hall–Kier alpha value is -2.16. The van der Waals surface area contributed by atoms with Crippen LogP contribution in [0.25, 0.3) is 0 Å². The highest BCUT2D eigenvalue weighted by Gasteiger charge is 2.49. The molecule has 0 aromatic heterocycles. The Balaban J connectivity index is 2.19. The minimum atomic E-state index is -1.48. The molecule has 0 bridgehead atoms. The molecule has 2 N–H and O–H groups in total. The van der Waals surface area contributed by atoms with Crippen LogP contribution < -0.4 is 0 Å². The molecular formula is C18H16O2. The van der Waals surface area contributed by atoms with Gasteiger partial charge in [-0.05, 0) is 23.3 Å². The Bertz CT molecular complexity index is 586. The molecule has 0 saturated heterocycles. The normalized spacial score (nSPS) is 28.5. The summed E-state index contributed by atoms with van der Waals surface area (Å²) in [6.07, 6.45) is 6.78. The molecule has 2 aromatic carbocycles. The average Bonchev–Trinajstić information content (AvgIpc) is 2.52. The maximum absolute atomic E-state index is 11.1. The van der Waals surface area contributed by atoms with Gasteiger partial charge in [-0.25, -0.2) is 0 Å². The SMILES string of the molecule is OC1(c2ccccc2)C=CC=CC1(O)c1ccccc1. The average molecular weight is 264 g/mol. The summed E-state index contributed by atoms with van der Waals surface area (Å²) in [4.78, 5) is 0. The van der Waals surface area contributed by atoms with Crippen molar-refractivity contribution < 1.29 is 10.2 Å². The summed E-state index contributed by atoms with van der Waals surface area (Å²) in [6.45, 7) is 0.